The minimum absolute atomic E-state index is 0.0204. The predicted molar refractivity (Wildman–Crippen MR) is 170 cm³/mol. The SMILES string of the molecule is CC/C=C\C/C=C\C/C=C\CCCCCCCCCCOCC(COC1OC(CO)C(O)C(OS(=O)(=O)O)C1O)OC(=O)CC. The second-order valence-corrected chi connectivity index (χ2v) is 12.0. The van der Waals surface area contributed by atoms with E-state index < -0.39 is 59.8 Å². The summed E-state index contributed by atoms with van der Waals surface area (Å²) in [4.78, 5) is 11.9. The first-order valence-corrected chi connectivity index (χ1v) is 17.6. The first-order chi connectivity index (χ1) is 21.6. The van der Waals surface area contributed by atoms with Crippen molar-refractivity contribution < 1.29 is 56.2 Å². The van der Waals surface area contributed by atoms with E-state index in [1.807, 2.05) is 0 Å². The van der Waals surface area contributed by atoms with E-state index in [0.717, 1.165) is 44.9 Å². The molecule has 262 valence electrons. The van der Waals surface area contributed by atoms with Crippen molar-refractivity contribution in [2.24, 2.45) is 0 Å². The van der Waals surface area contributed by atoms with Gasteiger partial charge in [0.05, 0.1) is 19.8 Å². The van der Waals surface area contributed by atoms with Crippen LogP contribution in [0.4, 0.5) is 0 Å². The molecule has 0 saturated carbocycles. The Bertz CT molecular complexity index is 952. The van der Waals surface area contributed by atoms with Crippen molar-refractivity contribution in [3.05, 3.63) is 36.5 Å². The number of aliphatic hydroxyl groups is 3. The highest BCUT2D eigenvalue weighted by molar-refractivity contribution is 7.80. The summed E-state index contributed by atoms with van der Waals surface area (Å²) < 4.78 is 57.5. The number of hydrogen-bond acceptors (Lipinski definition) is 11. The van der Waals surface area contributed by atoms with Gasteiger partial charge in [0.15, 0.2) is 6.29 Å². The first kappa shape index (κ1) is 41.3. The van der Waals surface area contributed by atoms with Gasteiger partial charge in [-0.15, -0.1) is 0 Å². The Morgan fingerprint density at radius 3 is 2.04 bits per heavy atom. The molecule has 1 aliphatic heterocycles. The fourth-order valence-electron chi connectivity index (χ4n) is 4.60. The van der Waals surface area contributed by atoms with Gasteiger partial charge in [-0.25, -0.2) is 4.18 Å². The zero-order chi connectivity index (χ0) is 33.3. The third-order valence-electron chi connectivity index (χ3n) is 7.08. The van der Waals surface area contributed by atoms with Crippen LogP contribution in [0.15, 0.2) is 36.5 Å². The molecule has 13 heteroatoms. The summed E-state index contributed by atoms with van der Waals surface area (Å²) in [7, 11) is -5.04. The maximum atomic E-state index is 11.9. The molecule has 0 spiro atoms. The van der Waals surface area contributed by atoms with Crippen LogP contribution < -0.4 is 0 Å². The van der Waals surface area contributed by atoms with E-state index in [1.54, 1.807) is 6.92 Å². The standard InChI is InChI=1S/C32H56O12S/c1-3-5-6-7-8-9-10-11-12-13-14-15-16-17-18-19-20-21-22-40-24-26(42-28(34)4-2)25-41-32-30(36)31(44-45(37,38)39)29(35)27(23-33)43-32/h5-6,8-9,11-12,26-27,29-33,35-36H,3-4,7,10,13-25H2,1-2H3,(H,37,38,39)/b6-5-,9-8-,12-11-. The quantitative estimate of drug-likeness (QED) is 0.0446. The molecular formula is C32H56O12S. The molecular weight excluding hydrogens is 608 g/mol. The van der Waals surface area contributed by atoms with Crippen molar-refractivity contribution in [1.29, 1.82) is 0 Å². The minimum Gasteiger partial charge on any atom is -0.457 e. The Morgan fingerprint density at radius 2 is 1.44 bits per heavy atom. The number of esters is 1. The molecule has 45 heavy (non-hydrogen) atoms. The molecule has 4 N–H and O–H groups in total. The Balaban J connectivity index is 2.25. The molecule has 1 heterocycles. The van der Waals surface area contributed by atoms with Crippen molar-refractivity contribution in [2.45, 2.75) is 134 Å². The van der Waals surface area contributed by atoms with Crippen LogP contribution in [0.1, 0.15) is 97.3 Å². The number of rotatable bonds is 26. The summed E-state index contributed by atoms with van der Waals surface area (Å²) in [6.07, 6.45) is 17.4. The van der Waals surface area contributed by atoms with Crippen LogP contribution in [0.5, 0.6) is 0 Å². The van der Waals surface area contributed by atoms with Crippen LogP contribution in [0, 0.1) is 0 Å². The lowest BCUT2D eigenvalue weighted by molar-refractivity contribution is -0.301. The van der Waals surface area contributed by atoms with E-state index in [-0.39, 0.29) is 19.6 Å². The molecule has 0 aliphatic carbocycles. The largest absolute Gasteiger partial charge is 0.457 e. The predicted octanol–water partition coefficient (Wildman–Crippen LogP) is 4.34. The van der Waals surface area contributed by atoms with Gasteiger partial charge in [-0.3, -0.25) is 9.35 Å². The summed E-state index contributed by atoms with van der Waals surface area (Å²) >= 11 is 0. The minimum atomic E-state index is -5.04. The Hall–Kier alpha value is -1.68. The molecule has 0 aromatic carbocycles. The molecule has 1 fully saturated rings. The normalized spacial score (nSPS) is 23.4. The van der Waals surface area contributed by atoms with Crippen molar-refractivity contribution in [3.8, 4) is 0 Å². The summed E-state index contributed by atoms with van der Waals surface area (Å²) in [5.41, 5.74) is 0. The zero-order valence-electron chi connectivity index (χ0n) is 26.9. The number of carbonyl (C=O) groups is 1. The number of carbonyl (C=O) groups excluding carboxylic acids is 1. The van der Waals surface area contributed by atoms with Gasteiger partial charge in [0.25, 0.3) is 0 Å². The van der Waals surface area contributed by atoms with Crippen LogP contribution in [0.25, 0.3) is 0 Å². The van der Waals surface area contributed by atoms with Crippen LogP contribution in [0.2, 0.25) is 0 Å². The average Bonchev–Trinajstić information content (AvgIpc) is 3.00. The molecule has 0 aromatic rings. The van der Waals surface area contributed by atoms with E-state index in [1.165, 1.54) is 32.1 Å². The Morgan fingerprint density at radius 1 is 0.844 bits per heavy atom. The van der Waals surface area contributed by atoms with Gasteiger partial charge in [0.1, 0.15) is 30.5 Å². The monoisotopic (exact) mass is 664 g/mol. The second kappa shape index (κ2) is 25.4. The molecule has 0 bridgehead atoms. The van der Waals surface area contributed by atoms with Crippen LogP contribution in [-0.2, 0) is 38.3 Å². The highest BCUT2D eigenvalue weighted by atomic mass is 32.3. The number of allylic oxidation sites excluding steroid dienone is 6. The number of unbranched alkanes of at least 4 members (excludes halogenated alkanes) is 8. The molecule has 1 rings (SSSR count). The summed E-state index contributed by atoms with van der Waals surface area (Å²) in [5, 5.41) is 30.0. The lowest BCUT2D eigenvalue weighted by Gasteiger charge is -2.41. The third-order valence-corrected chi connectivity index (χ3v) is 7.55. The zero-order valence-corrected chi connectivity index (χ0v) is 27.7. The summed E-state index contributed by atoms with van der Waals surface area (Å²) in [6, 6.07) is 0. The fraction of sp³-hybridized carbons (Fsp3) is 0.781. The molecule has 6 atom stereocenters. The molecule has 1 aliphatic rings. The average molecular weight is 665 g/mol. The Labute approximate surface area is 269 Å². The van der Waals surface area contributed by atoms with Gasteiger partial charge >= 0.3 is 16.4 Å². The molecule has 1 saturated heterocycles. The van der Waals surface area contributed by atoms with Gasteiger partial charge in [-0.1, -0.05) is 88.8 Å². The second-order valence-electron chi connectivity index (χ2n) is 11.0. The third kappa shape index (κ3) is 20.2. The van der Waals surface area contributed by atoms with E-state index in [0.29, 0.717) is 6.61 Å². The number of aliphatic hydroxyl groups excluding tert-OH is 3. The molecule has 6 unspecified atom stereocenters. The fourth-order valence-corrected chi connectivity index (χ4v) is 5.11. The lowest BCUT2D eigenvalue weighted by atomic mass is 9.99. The highest BCUT2D eigenvalue weighted by Crippen LogP contribution is 2.25. The molecule has 12 nitrogen and oxygen atoms in total. The molecule has 0 amide bonds. The number of hydrogen-bond donors (Lipinski definition) is 4. The van der Waals surface area contributed by atoms with Crippen LogP contribution in [-0.4, -0.2) is 97.5 Å². The van der Waals surface area contributed by atoms with Gasteiger partial charge in [0.2, 0.25) is 0 Å². The maximum Gasteiger partial charge on any atom is 0.397 e. The summed E-state index contributed by atoms with van der Waals surface area (Å²) in [6.45, 7) is 3.22. The van der Waals surface area contributed by atoms with Crippen molar-refractivity contribution in [1.82, 2.24) is 0 Å². The topological polar surface area (TPSA) is 178 Å². The highest BCUT2D eigenvalue weighted by Gasteiger charge is 2.48. The van der Waals surface area contributed by atoms with Gasteiger partial charge in [0, 0.05) is 13.0 Å². The maximum absolute atomic E-state index is 11.9. The molecule has 0 aromatic heterocycles. The smallest absolute Gasteiger partial charge is 0.397 e. The van der Waals surface area contributed by atoms with Crippen molar-refractivity contribution >= 4 is 16.4 Å². The lowest BCUT2D eigenvalue weighted by Crippen LogP contribution is -2.60. The van der Waals surface area contributed by atoms with E-state index in [9.17, 15) is 28.5 Å². The van der Waals surface area contributed by atoms with Gasteiger partial charge in [-0.05, 0) is 38.5 Å². The van der Waals surface area contributed by atoms with Crippen molar-refractivity contribution in [3.63, 3.8) is 0 Å². The Kier molecular flexibility index (Phi) is 23.3. The number of ether oxygens (including phenoxy) is 4. The van der Waals surface area contributed by atoms with Crippen molar-refractivity contribution in [2.75, 3.05) is 26.4 Å². The van der Waals surface area contributed by atoms with E-state index in [4.69, 9.17) is 23.5 Å². The van der Waals surface area contributed by atoms with E-state index >= 15 is 0 Å². The van der Waals surface area contributed by atoms with Gasteiger partial charge < -0.3 is 34.3 Å². The molecule has 0 radical (unpaired) electrons. The van der Waals surface area contributed by atoms with E-state index in [2.05, 4.69) is 47.6 Å². The van der Waals surface area contributed by atoms with Crippen LogP contribution >= 0.6 is 0 Å². The first-order valence-electron chi connectivity index (χ1n) is 16.2. The summed E-state index contributed by atoms with van der Waals surface area (Å²) in [5.74, 6) is -0.493. The van der Waals surface area contributed by atoms with Crippen LogP contribution in [0.3, 0.4) is 0 Å². The van der Waals surface area contributed by atoms with Gasteiger partial charge in [-0.2, -0.15) is 8.42 Å².